The Morgan fingerprint density at radius 3 is 2.27 bits per heavy atom. The van der Waals surface area contributed by atoms with E-state index in [1.807, 2.05) is 0 Å². The van der Waals surface area contributed by atoms with E-state index in [1.54, 1.807) is 4.72 Å². The van der Waals surface area contributed by atoms with Crippen LogP contribution in [0.5, 0.6) is 0 Å². The summed E-state index contributed by atoms with van der Waals surface area (Å²) in [5, 5.41) is 16.7. The number of carboxylic acid groups (broad SMARTS) is 1. The van der Waals surface area contributed by atoms with Crippen molar-refractivity contribution >= 4 is 16.0 Å². The molecule has 1 aromatic rings. The molecule has 15 heavy (non-hydrogen) atoms. The highest BCUT2D eigenvalue weighted by Crippen LogP contribution is 2.09. The molecule has 0 aliphatic rings. The number of sulfonamides is 1. The van der Waals surface area contributed by atoms with Crippen LogP contribution in [0.3, 0.4) is 0 Å². The predicted molar refractivity (Wildman–Crippen MR) is 49.3 cm³/mol. The fourth-order valence-corrected chi connectivity index (χ4v) is 1.63. The van der Waals surface area contributed by atoms with Crippen LogP contribution < -0.4 is 4.72 Å². The van der Waals surface area contributed by atoms with E-state index in [1.165, 1.54) is 6.19 Å². The molecule has 0 saturated heterocycles. The Labute approximate surface area is 85.8 Å². The summed E-state index contributed by atoms with van der Waals surface area (Å²) in [6, 6.07) is 4.52. The van der Waals surface area contributed by atoms with Gasteiger partial charge in [-0.15, -0.1) is 0 Å². The van der Waals surface area contributed by atoms with Gasteiger partial charge >= 0.3 is 5.97 Å². The number of benzene rings is 1. The zero-order chi connectivity index (χ0) is 11.5. The fraction of sp³-hybridized carbons (Fsp3) is 0. The largest absolute Gasteiger partial charge is 0.478 e. The van der Waals surface area contributed by atoms with Crippen LogP contribution in [0.4, 0.5) is 0 Å². The standard InChI is InChI=1S/C8H6N2O4S/c9-5-10-15(13,14)7-3-1-6(2-4-7)8(11)12/h1-4,10H,(H,11,12). The smallest absolute Gasteiger partial charge is 0.335 e. The third-order valence-corrected chi connectivity index (χ3v) is 2.84. The maximum absolute atomic E-state index is 11.2. The maximum atomic E-state index is 11.2. The minimum absolute atomic E-state index is 0.0223. The summed E-state index contributed by atoms with van der Waals surface area (Å²) in [6.45, 7) is 0. The minimum atomic E-state index is -3.86. The Hall–Kier alpha value is -2.07. The molecule has 0 radical (unpaired) electrons. The van der Waals surface area contributed by atoms with E-state index in [0.29, 0.717) is 0 Å². The number of hydrogen-bond donors (Lipinski definition) is 2. The van der Waals surface area contributed by atoms with Crippen molar-refractivity contribution in [1.29, 1.82) is 5.26 Å². The summed E-state index contributed by atoms with van der Waals surface area (Å²) < 4.78 is 24.1. The Kier molecular flexibility index (Phi) is 2.92. The highest BCUT2D eigenvalue weighted by molar-refractivity contribution is 7.89. The molecule has 2 N–H and O–H groups in total. The molecule has 1 rings (SSSR count). The highest BCUT2D eigenvalue weighted by Gasteiger charge is 2.13. The molecule has 0 atom stereocenters. The Bertz CT molecular complexity index is 513. The second-order valence-electron chi connectivity index (χ2n) is 2.55. The van der Waals surface area contributed by atoms with Crippen molar-refractivity contribution in [2.24, 2.45) is 0 Å². The zero-order valence-corrected chi connectivity index (χ0v) is 8.15. The maximum Gasteiger partial charge on any atom is 0.335 e. The van der Waals surface area contributed by atoms with Crippen LogP contribution in [-0.4, -0.2) is 19.5 Å². The van der Waals surface area contributed by atoms with Gasteiger partial charge < -0.3 is 5.11 Å². The summed E-state index contributed by atoms with van der Waals surface area (Å²) in [6.07, 6.45) is 1.29. The lowest BCUT2D eigenvalue weighted by atomic mass is 10.2. The molecule has 78 valence electrons. The van der Waals surface area contributed by atoms with Crippen molar-refractivity contribution in [2.45, 2.75) is 4.90 Å². The average molecular weight is 226 g/mol. The van der Waals surface area contributed by atoms with Gasteiger partial charge in [0.15, 0.2) is 6.19 Å². The van der Waals surface area contributed by atoms with Gasteiger partial charge in [0.2, 0.25) is 0 Å². The Morgan fingerprint density at radius 1 is 1.33 bits per heavy atom. The lowest BCUT2D eigenvalue weighted by molar-refractivity contribution is 0.0697. The molecule has 0 spiro atoms. The molecule has 0 bridgehead atoms. The van der Waals surface area contributed by atoms with Crippen molar-refractivity contribution < 1.29 is 18.3 Å². The number of carbonyl (C=O) groups is 1. The third kappa shape index (κ3) is 2.45. The molecule has 7 heteroatoms. The van der Waals surface area contributed by atoms with E-state index in [2.05, 4.69) is 0 Å². The van der Waals surface area contributed by atoms with E-state index < -0.39 is 16.0 Å². The molecule has 0 saturated carbocycles. The molecule has 0 unspecified atom stereocenters. The molecule has 0 heterocycles. The topological polar surface area (TPSA) is 107 Å². The van der Waals surface area contributed by atoms with Crippen molar-refractivity contribution in [1.82, 2.24) is 4.72 Å². The second-order valence-corrected chi connectivity index (χ2v) is 4.23. The van der Waals surface area contributed by atoms with Crippen molar-refractivity contribution in [2.75, 3.05) is 0 Å². The molecule has 0 fully saturated rings. The van der Waals surface area contributed by atoms with Gasteiger partial charge in [-0.1, -0.05) is 0 Å². The normalized spacial score (nSPS) is 10.3. The number of rotatable bonds is 3. The molecule has 0 aromatic heterocycles. The fourth-order valence-electron chi connectivity index (χ4n) is 0.896. The Morgan fingerprint density at radius 2 is 1.87 bits per heavy atom. The van der Waals surface area contributed by atoms with Gasteiger partial charge in [0.25, 0.3) is 10.0 Å². The number of hydrogen-bond acceptors (Lipinski definition) is 4. The van der Waals surface area contributed by atoms with Gasteiger partial charge in [-0.3, -0.25) is 0 Å². The van der Waals surface area contributed by atoms with Crippen LogP contribution in [0.25, 0.3) is 0 Å². The van der Waals surface area contributed by atoms with Crippen LogP contribution in [0.1, 0.15) is 10.4 Å². The number of aromatic carboxylic acids is 1. The van der Waals surface area contributed by atoms with Crippen LogP contribution in [0.15, 0.2) is 29.2 Å². The van der Waals surface area contributed by atoms with Gasteiger partial charge in [0.1, 0.15) is 0 Å². The van der Waals surface area contributed by atoms with E-state index in [9.17, 15) is 13.2 Å². The summed E-state index contributed by atoms with van der Waals surface area (Å²) in [5.41, 5.74) is -0.0223. The molecule has 0 amide bonds. The van der Waals surface area contributed by atoms with Crippen molar-refractivity contribution in [3.05, 3.63) is 29.8 Å². The first-order chi connectivity index (χ1) is 6.97. The predicted octanol–water partition coefficient (Wildman–Crippen LogP) is 0.144. The van der Waals surface area contributed by atoms with Gasteiger partial charge in [-0.05, 0) is 24.3 Å². The van der Waals surface area contributed by atoms with Gasteiger partial charge in [0.05, 0.1) is 10.5 Å². The van der Waals surface area contributed by atoms with E-state index in [-0.39, 0.29) is 10.5 Å². The molecular formula is C8H6N2O4S. The average Bonchev–Trinajstić information content (AvgIpc) is 2.18. The van der Waals surface area contributed by atoms with Crippen molar-refractivity contribution in [3.8, 4) is 6.19 Å². The summed E-state index contributed by atoms with van der Waals surface area (Å²) >= 11 is 0. The number of nitrogens with one attached hydrogen (secondary N) is 1. The summed E-state index contributed by atoms with van der Waals surface area (Å²) in [5.74, 6) is -1.15. The van der Waals surface area contributed by atoms with Crippen LogP contribution in [0.2, 0.25) is 0 Å². The van der Waals surface area contributed by atoms with Crippen molar-refractivity contribution in [3.63, 3.8) is 0 Å². The number of carboxylic acids is 1. The molecule has 6 nitrogen and oxygen atoms in total. The lowest BCUT2D eigenvalue weighted by Gasteiger charge is -2.00. The van der Waals surface area contributed by atoms with E-state index in [0.717, 1.165) is 24.3 Å². The zero-order valence-electron chi connectivity index (χ0n) is 7.34. The third-order valence-electron chi connectivity index (χ3n) is 1.59. The number of nitrogens with zero attached hydrogens (tertiary/aromatic N) is 1. The van der Waals surface area contributed by atoms with Gasteiger partial charge in [-0.25, -0.2) is 17.9 Å². The van der Waals surface area contributed by atoms with Crippen LogP contribution >= 0.6 is 0 Å². The second kappa shape index (κ2) is 3.98. The highest BCUT2D eigenvalue weighted by atomic mass is 32.2. The summed E-state index contributed by atoms with van der Waals surface area (Å²) in [7, 11) is -3.86. The van der Waals surface area contributed by atoms with Gasteiger partial charge in [-0.2, -0.15) is 5.26 Å². The van der Waals surface area contributed by atoms with Crippen LogP contribution in [0, 0.1) is 11.5 Å². The summed E-state index contributed by atoms with van der Waals surface area (Å²) in [4.78, 5) is 10.3. The SMILES string of the molecule is N#CNS(=O)(=O)c1ccc(C(=O)O)cc1. The Balaban J connectivity index is 3.11. The first-order valence-corrected chi connectivity index (χ1v) is 5.20. The van der Waals surface area contributed by atoms with Crippen LogP contribution in [-0.2, 0) is 10.0 Å². The molecule has 0 aliphatic carbocycles. The molecule has 1 aromatic carbocycles. The quantitative estimate of drug-likeness (QED) is 0.563. The number of nitriles is 1. The minimum Gasteiger partial charge on any atom is -0.478 e. The first-order valence-electron chi connectivity index (χ1n) is 3.71. The monoisotopic (exact) mass is 226 g/mol. The molecular weight excluding hydrogens is 220 g/mol. The first kappa shape index (κ1) is 11.0. The molecule has 0 aliphatic heterocycles. The van der Waals surface area contributed by atoms with E-state index in [4.69, 9.17) is 10.4 Å². The van der Waals surface area contributed by atoms with E-state index >= 15 is 0 Å². The van der Waals surface area contributed by atoms with Gasteiger partial charge in [0, 0.05) is 0 Å². The lowest BCUT2D eigenvalue weighted by Crippen LogP contribution is -2.18.